The van der Waals surface area contributed by atoms with Crippen LogP contribution in [0.25, 0.3) is 0 Å². The lowest BCUT2D eigenvalue weighted by Gasteiger charge is -2.18. The summed E-state index contributed by atoms with van der Waals surface area (Å²) in [6, 6.07) is 0. The smallest absolute Gasteiger partial charge is 0.208 e. The molecule has 1 heterocycles. The second-order valence-electron chi connectivity index (χ2n) is 5.59. The van der Waals surface area contributed by atoms with Gasteiger partial charge in [0, 0.05) is 5.41 Å². The van der Waals surface area contributed by atoms with E-state index in [1.165, 1.54) is 12.8 Å². The van der Waals surface area contributed by atoms with Crippen LogP contribution in [0.1, 0.15) is 59.1 Å². The highest BCUT2D eigenvalue weighted by atomic mass is 16.4. The van der Waals surface area contributed by atoms with E-state index < -0.39 is 0 Å². The van der Waals surface area contributed by atoms with Gasteiger partial charge in [0.25, 0.3) is 0 Å². The third-order valence-corrected chi connectivity index (χ3v) is 2.93. The molecular formula is C14H26N2O. The van der Waals surface area contributed by atoms with E-state index in [9.17, 15) is 0 Å². The lowest BCUT2D eigenvalue weighted by Crippen LogP contribution is -2.24. The summed E-state index contributed by atoms with van der Waals surface area (Å²) < 4.78 is 5.81. The number of hydrogen-bond acceptors (Lipinski definition) is 3. The van der Waals surface area contributed by atoms with E-state index in [4.69, 9.17) is 4.42 Å². The van der Waals surface area contributed by atoms with E-state index in [0.29, 0.717) is 0 Å². The number of rotatable bonds is 6. The van der Waals surface area contributed by atoms with Gasteiger partial charge in [-0.05, 0) is 19.5 Å². The van der Waals surface area contributed by atoms with E-state index in [1.54, 1.807) is 0 Å². The van der Waals surface area contributed by atoms with Crippen molar-refractivity contribution in [2.24, 2.45) is 0 Å². The van der Waals surface area contributed by atoms with E-state index in [0.717, 1.165) is 31.3 Å². The Morgan fingerprint density at radius 3 is 2.47 bits per heavy atom. The Balaban J connectivity index is 2.58. The quantitative estimate of drug-likeness (QED) is 0.758. The predicted molar refractivity (Wildman–Crippen MR) is 71.1 cm³/mol. The van der Waals surface area contributed by atoms with Gasteiger partial charge in [-0.3, -0.25) is 4.90 Å². The average molecular weight is 238 g/mol. The molecule has 0 bridgehead atoms. The number of oxazole rings is 1. The molecule has 0 fully saturated rings. The molecule has 0 aliphatic rings. The Kier molecular flexibility index (Phi) is 5.19. The summed E-state index contributed by atoms with van der Waals surface area (Å²) in [5.74, 6) is 1.81. The zero-order valence-corrected chi connectivity index (χ0v) is 11.9. The van der Waals surface area contributed by atoms with Gasteiger partial charge in [0.05, 0.1) is 12.7 Å². The summed E-state index contributed by atoms with van der Waals surface area (Å²) in [4.78, 5) is 6.75. The van der Waals surface area contributed by atoms with E-state index in [2.05, 4.69) is 44.5 Å². The lowest BCUT2D eigenvalue weighted by molar-refractivity contribution is 0.240. The average Bonchev–Trinajstić information content (AvgIpc) is 2.72. The first-order valence-corrected chi connectivity index (χ1v) is 6.65. The van der Waals surface area contributed by atoms with Crippen LogP contribution in [0, 0.1) is 0 Å². The van der Waals surface area contributed by atoms with E-state index >= 15 is 0 Å². The minimum absolute atomic E-state index is 0.0473. The molecule has 0 saturated carbocycles. The Hall–Kier alpha value is -0.830. The minimum atomic E-state index is 0.0473. The standard InChI is InChI=1S/C14H26N2O/c1-6-8-9-16(7-2)11-13-15-10-12(17-13)14(3,4)5/h10H,6-9,11H2,1-5H3. The van der Waals surface area contributed by atoms with Crippen molar-refractivity contribution >= 4 is 0 Å². The second-order valence-corrected chi connectivity index (χ2v) is 5.59. The highest BCUT2D eigenvalue weighted by Crippen LogP contribution is 2.23. The minimum Gasteiger partial charge on any atom is -0.444 e. The lowest BCUT2D eigenvalue weighted by atomic mass is 9.94. The van der Waals surface area contributed by atoms with E-state index in [1.807, 2.05) is 6.20 Å². The summed E-state index contributed by atoms with van der Waals surface area (Å²) in [5, 5.41) is 0. The third-order valence-electron chi connectivity index (χ3n) is 2.93. The van der Waals surface area contributed by atoms with Gasteiger partial charge in [-0.15, -0.1) is 0 Å². The maximum atomic E-state index is 5.81. The summed E-state index contributed by atoms with van der Waals surface area (Å²) in [5.41, 5.74) is 0.0473. The molecule has 0 aliphatic carbocycles. The molecule has 1 aromatic heterocycles. The molecule has 1 rings (SSSR count). The van der Waals surface area contributed by atoms with Crippen molar-refractivity contribution < 1.29 is 4.42 Å². The molecule has 0 saturated heterocycles. The number of nitrogens with zero attached hydrogens (tertiary/aromatic N) is 2. The maximum Gasteiger partial charge on any atom is 0.208 e. The van der Waals surface area contributed by atoms with Crippen molar-refractivity contribution in [2.45, 2.75) is 59.4 Å². The van der Waals surface area contributed by atoms with Crippen molar-refractivity contribution in [1.29, 1.82) is 0 Å². The fourth-order valence-corrected chi connectivity index (χ4v) is 1.65. The zero-order valence-electron chi connectivity index (χ0n) is 11.9. The van der Waals surface area contributed by atoms with Gasteiger partial charge in [-0.2, -0.15) is 0 Å². The van der Waals surface area contributed by atoms with Crippen LogP contribution in [0.3, 0.4) is 0 Å². The number of unbranched alkanes of at least 4 members (excludes halogenated alkanes) is 1. The molecule has 0 radical (unpaired) electrons. The fraction of sp³-hybridized carbons (Fsp3) is 0.786. The van der Waals surface area contributed by atoms with Crippen LogP contribution in [0.15, 0.2) is 10.6 Å². The summed E-state index contributed by atoms with van der Waals surface area (Å²) in [7, 11) is 0. The van der Waals surface area contributed by atoms with Gasteiger partial charge in [0.15, 0.2) is 0 Å². The van der Waals surface area contributed by atoms with Gasteiger partial charge >= 0.3 is 0 Å². The van der Waals surface area contributed by atoms with Crippen LogP contribution in [0.5, 0.6) is 0 Å². The van der Waals surface area contributed by atoms with Crippen LogP contribution in [0.2, 0.25) is 0 Å². The van der Waals surface area contributed by atoms with Crippen molar-refractivity contribution in [1.82, 2.24) is 9.88 Å². The summed E-state index contributed by atoms with van der Waals surface area (Å²) in [6.07, 6.45) is 4.33. The Morgan fingerprint density at radius 1 is 1.29 bits per heavy atom. The maximum absolute atomic E-state index is 5.81. The van der Waals surface area contributed by atoms with Crippen LogP contribution < -0.4 is 0 Å². The summed E-state index contributed by atoms with van der Waals surface area (Å²) in [6.45, 7) is 13.8. The summed E-state index contributed by atoms with van der Waals surface area (Å²) >= 11 is 0. The van der Waals surface area contributed by atoms with Gasteiger partial charge in [-0.1, -0.05) is 41.0 Å². The van der Waals surface area contributed by atoms with Crippen molar-refractivity contribution in [3.63, 3.8) is 0 Å². The highest BCUT2D eigenvalue weighted by molar-refractivity contribution is 5.05. The Morgan fingerprint density at radius 2 is 2.00 bits per heavy atom. The van der Waals surface area contributed by atoms with Crippen molar-refractivity contribution in [2.75, 3.05) is 13.1 Å². The van der Waals surface area contributed by atoms with Crippen molar-refractivity contribution in [3.8, 4) is 0 Å². The first-order valence-electron chi connectivity index (χ1n) is 6.65. The van der Waals surface area contributed by atoms with E-state index in [-0.39, 0.29) is 5.41 Å². The van der Waals surface area contributed by atoms with Gasteiger partial charge in [-0.25, -0.2) is 4.98 Å². The van der Waals surface area contributed by atoms with Crippen LogP contribution in [-0.4, -0.2) is 23.0 Å². The number of aromatic nitrogens is 1. The molecule has 0 spiro atoms. The topological polar surface area (TPSA) is 29.3 Å². The highest BCUT2D eigenvalue weighted by Gasteiger charge is 2.19. The molecule has 0 amide bonds. The molecule has 0 aromatic carbocycles. The largest absolute Gasteiger partial charge is 0.444 e. The first kappa shape index (κ1) is 14.2. The number of hydrogen-bond donors (Lipinski definition) is 0. The van der Waals surface area contributed by atoms with Crippen LogP contribution in [0.4, 0.5) is 0 Å². The zero-order chi connectivity index (χ0) is 12.9. The Bertz CT molecular complexity index is 325. The van der Waals surface area contributed by atoms with Gasteiger partial charge in [0.2, 0.25) is 5.89 Å². The molecule has 0 unspecified atom stereocenters. The first-order chi connectivity index (χ1) is 7.97. The second kappa shape index (κ2) is 6.20. The molecule has 0 atom stereocenters. The molecule has 0 aliphatic heterocycles. The molecule has 98 valence electrons. The predicted octanol–water partition coefficient (Wildman–Crippen LogP) is 3.59. The fourth-order valence-electron chi connectivity index (χ4n) is 1.65. The van der Waals surface area contributed by atoms with Crippen molar-refractivity contribution in [3.05, 3.63) is 17.8 Å². The molecular weight excluding hydrogens is 212 g/mol. The van der Waals surface area contributed by atoms with Crippen LogP contribution in [-0.2, 0) is 12.0 Å². The normalized spacial score (nSPS) is 12.4. The molecule has 1 aromatic rings. The molecule has 17 heavy (non-hydrogen) atoms. The molecule has 3 heteroatoms. The molecule has 0 N–H and O–H groups in total. The monoisotopic (exact) mass is 238 g/mol. The van der Waals surface area contributed by atoms with Crippen LogP contribution >= 0.6 is 0 Å². The van der Waals surface area contributed by atoms with Gasteiger partial charge in [0.1, 0.15) is 5.76 Å². The van der Waals surface area contributed by atoms with Gasteiger partial charge < -0.3 is 4.42 Å². The molecule has 3 nitrogen and oxygen atoms in total. The third kappa shape index (κ3) is 4.50. The SMILES string of the molecule is CCCCN(CC)Cc1ncc(C(C)(C)C)o1. The Labute approximate surface area is 105 Å².